The molecule has 0 unspecified atom stereocenters. The Morgan fingerprint density at radius 2 is 2.06 bits per heavy atom. The van der Waals surface area contributed by atoms with E-state index in [2.05, 4.69) is 0 Å². The van der Waals surface area contributed by atoms with Crippen LogP contribution in [0.2, 0.25) is 4.34 Å². The number of nitrogen functional groups attached to an aromatic ring is 1. The lowest BCUT2D eigenvalue weighted by Gasteiger charge is -2.19. The molecule has 84 valence electrons. The van der Waals surface area contributed by atoms with Crippen LogP contribution in [0.5, 0.6) is 0 Å². The standard InChI is InChI=1S/C11H10ClFN2S/c1-15(11-5-4-10(12)16-11)9-6-7(13)2-3-8(9)14/h2-6H,14H2,1H3. The van der Waals surface area contributed by atoms with Gasteiger partial charge in [-0.2, -0.15) is 0 Å². The minimum absolute atomic E-state index is 0.307. The van der Waals surface area contributed by atoms with Gasteiger partial charge in [-0.15, -0.1) is 11.3 Å². The van der Waals surface area contributed by atoms with Crippen LogP contribution in [0.4, 0.5) is 20.8 Å². The van der Waals surface area contributed by atoms with Gasteiger partial charge in [0.2, 0.25) is 0 Å². The lowest BCUT2D eigenvalue weighted by Crippen LogP contribution is -2.10. The zero-order valence-electron chi connectivity index (χ0n) is 8.58. The minimum Gasteiger partial charge on any atom is -0.397 e. The van der Waals surface area contributed by atoms with Crippen LogP contribution in [0, 0.1) is 5.82 Å². The molecule has 0 saturated carbocycles. The van der Waals surface area contributed by atoms with E-state index in [1.807, 2.05) is 18.0 Å². The predicted molar refractivity (Wildman–Crippen MR) is 68.2 cm³/mol. The first kappa shape index (κ1) is 11.2. The van der Waals surface area contributed by atoms with Gasteiger partial charge in [-0.05, 0) is 30.3 Å². The molecule has 5 heteroatoms. The molecule has 2 N–H and O–H groups in total. The topological polar surface area (TPSA) is 29.3 Å². The van der Waals surface area contributed by atoms with Crippen LogP contribution >= 0.6 is 22.9 Å². The van der Waals surface area contributed by atoms with Gasteiger partial charge in [0.25, 0.3) is 0 Å². The molecular formula is C11H10ClFN2S. The zero-order valence-corrected chi connectivity index (χ0v) is 10.1. The summed E-state index contributed by atoms with van der Waals surface area (Å²) in [7, 11) is 1.83. The highest BCUT2D eigenvalue weighted by Crippen LogP contribution is 2.35. The normalized spacial score (nSPS) is 10.4. The van der Waals surface area contributed by atoms with Crippen molar-refractivity contribution in [1.82, 2.24) is 0 Å². The molecule has 2 aromatic rings. The van der Waals surface area contributed by atoms with Gasteiger partial charge in [-0.25, -0.2) is 4.39 Å². The number of thiophene rings is 1. The van der Waals surface area contributed by atoms with Gasteiger partial charge in [0.05, 0.1) is 20.7 Å². The molecule has 0 aliphatic heterocycles. The highest BCUT2D eigenvalue weighted by Gasteiger charge is 2.10. The highest BCUT2D eigenvalue weighted by molar-refractivity contribution is 7.20. The first-order valence-electron chi connectivity index (χ1n) is 4.62. The van der Waals surface area contributed by atoms with Gasteiger partial charge in [0.1, 0.15) is 5.82 Å². The van der Waals surface area contributed by atoms with Crippen molar-refractivity contribution >= 4 is 39.3 Å². The highest BCUT2D eigenvalue weighted by atomic mass is 35.5. The molecule has 2 rings (SSSR count). The Labute approximate surface area is 102 Å². The van der Waals surface area contributed by atoms with Gasteiger partial charge in [0.15, 0.2) is 0 Å². The Hall–Kier alpha value is -1.26. The lowest BCUT2D eigenvalue weighted by molar-refractivity contribution is 0.628. The van der Waals surface area contributed by atoms with E-state index >= 15 is 0 Å². The van der Waals surface area contributed by atoms with Crippen molar-refractivity contribution in [2.24, 2.45) is 0 Å². The number of nitrogens with two attached hydrogens (primary N) is 1. The number of anilines is 3. The van der Waals surface area contributed by atoms with E-state index in [-0.39, 0.29) is 5.82 Å². The second-order valence-electron chi connectivity index (χ2n) is 3.34. The molecule has 16 heavy (non-hydrogen) atoms. The fourth-order valence-electron chi connectivity index (χ4n) is 1.41. The maximum atomic E-state index is 13.1. The quantitative estimate of drug-likeness (QED) is 0.826. The second kappa shape index (κ2) is 4.31. The number of rotatable bonds is 2. The molecule has 0 radical (unpaired) electrons. The summed E-state index contributed by atoms with van der Waals surface area (Å²) in [6.07, 6.45) is 0. The summed E-state index contributed by atoms with van der Waals surface area (Å²) in [6.45, 7) is 0. The van der Waals surface area contributed by atoms with Crippen LogP contribution in [0.1, 0.15) is 0 Å². The maximum Gasteiger partial charge on any atom is 0.125 e. The van der Waals surface area contributed by atoms with Crippen molar-refractivity contribution in [2.75, 3.05) is 17.7 Å². The summed E-state index contributed by atoms with van der Waals surface area (Å²) in [4.78, 5) is 1.81. The summed E-state index contributed by atoms with van der Waals surface area (Å²) in [5.74, 6) is -0.307. The van der Waals surface area contributed by atoms with Gasteiger partial charge in [-0.1, -0.05) is 11.6 Å². The fraction of sp³-hybridized carbons (Fsp3) is 0.0909. The molecule has 0 fully saturated rings. The van der Waals surface area contributed by atoms with Crippen molar-refractivity contribution in [3.8, 4) is 0 Å². The first-order chi connectivity index (χ1) is 7.58. The predicted octanol–water partition coefficient (Wildman–Crippen LogP) is 3.89. The van der Waals surface area contributed by atoms with E-state index in [1.165, 1.54) is 23.5 Å². The molecule has 1 aromatic heterocycles. The van der Waals surface area contributed by atoms with Crippen LogP contribution < -0.4 is 10.6 Å². The van der Waals surface area contributed by atoms with Crippen molar-refractivity contribution < 1.29 is 4.39 Å². The summed E-state index contributed by atoms with van der Waals surface area (Å²) in [6, 6.07) is 7.97. The van der Waals surface area contributed by atoms with Crippen molar-refractivity contribution in [2.45, 2.75) is 0 Å². The van der Waals surface area contributed by atoms with Gasteiger partial charge in [-0.3, -0.25) is 0 Å². The van der Waals surface area contributed by atoms with Gasteiger partial charge >= 0.3 is 0 Å². The summed E-state index contributed by atoms with van der Waals surface area (Å²) in [5.41, 5.74) is 6.97. The van der Waals surface area contributed by atoms with Crippen LogP contribution in [0.15, 0.2) is 30.3 Å². The van der Waals surface area contributed by atoms with E-state index in [1.54, 1.807) is 12.1 Å². The molecule has 0 aliphatic rings. The van der Waals surface area contributed by atoms with E-state index < -0.39 is 0 Å². The number of benzene rings is 1. The third-order valence-corrected chi connectivity index (χ3v) is 3.55. The molecule has 0 saturated heterocycles. The molecule has 0 spiro atoms. The van der Waals surface area contributed by atoms with E-state index in [4.69, 9.17) is 17.3 Å². The van der Waals surface area contributed by atoms with Crippen molar-refractivity contribution in [3.05, 3.63) is 40.5 Å². The Morgan fingerprint density at radius 1 is 1.31 bits per heavy atom. The Kier molecular flexibility index (Phi) is 3.03. The monoisotopic (exact) mass is 256 g/mol. The third-order valence-electron chi connectivity index (χ3n) is 2.24. The largest absolute Gasteiger partial charge is 0.397 e. The van der Waals surface area contributed by atoms with Crippen LogP contribution in [0.25, 0.3) is 0 Å². The lowest BCUT2D eigenvalue weighted by atomic mass is 10.2. The average Bonchev–Trinajstić information content (AvgIpc) is 2.67. The summed E-state index contributed by atoms with van der Waals surface area (Å²) >= 11 is 7.27. The molecule has 2 nitrogen and oxygen atoms in total. The van der Waals surface area contributed by atoms with Crippen LogP contribution in [-0.2, 0) is 0 Å². The molecule has 0 atom stereocenters. The van der Waals surface area contributed by atoms with Crippen molar-refractivity contribution in [3.63, 3.8) is 0 Å². The molecule has 0 bridgehead atoms. The second-order valence-corrected chi connectivity index (χ2v) is 5.03. The smallest absolute Gasteiger partial charge is 0.125 e. The SMILES string of the molecule is CN(c1ccc(Cl)s1)c1cc(F)ccc1N. The zero-order chi connectivity index (χ0) is 11.7. The van der Waals surface area contributed by atoms with E-state index in [0.717, 1.165) is 5.00 Å². The Balaban J connectivity index is 2.40. The van der Waals surface area contributed by atoms with Crippen molar-refractivity contribution in [1.29, 1.82) is 0 Å². The van der Waals surface area contributed by atoms with Gasteiger partial charge in [0, 0.05) is 7.05 Å². The van der Waals surface area contributed by atoms with E-state index in [9.17, 15) is 4.39 Å². The molecule has 1 heterocycles. The first-order valence-corrected chi connectivity index (χ1v) is 5.81. The van der Waals surface area contributed by atoms with Gasteiger partial charge < -0.3 is 10.6 Å². The fourth-order valence-corrected chi connectivity index (χ4v) is 2.42. The number of hydrogen-bond acceptors (Lipinski definition) is 3. The Morgan fingerprint density at radius 3 is 2.69 bits per heavy atom. The number of halogens is 2. The maximum absolute atomic E-state index is 13.1. The van der Waals surface area contributed by atoms with Crippen LogP contribution in [-0.4, -0.2) is 7.05 Å². The summed E-state index contributed by atoms with van der Waals surface area (Å²) < 4.78 is 13.8. The minimum atomic E-state index is -0.307. The van der Waals surface area contributed by atoms with E-state index in [0.29, 0.717) is 15.7 Å². The molecule has 0 aliphatic carbocycles. The number of hydrogen-bond donors (Lipinski definition) is 1. The third kappa shape index (κ3) is 2.13. The number of nitrogens with zero attached hydrogens (tertiary/aromatic N) is 1. The molecule has 1 aromatic carbocycles. The average molecular weight is 257 g/mol. The molecule has 0 amide bonds. The molecular weight excluding hydrogens is 247 g/mol. The Bertz CT molecular complexity index is 512. The summed E-state index contributed by atoms with van der Waals surface area (Å²) in [5, 5.41) is 0.919. The van der Waals surface area contributed by atoms with Crippen LogP contribution in [0.3, 0.4) is 0 Å².